The van der Waals surface area contributed by atoms with E-state index >= 15 is 0 Å². The molecule has 3 rings (SSSR count). The average Bonchev–Trinajstić information content (AvgIpc) is 3.24. The number of nitrogens with zero attached hydrogens (tertiary/aromatic N) is 2. The lowest BCUT2D eigenvalue weighted by Gasteiger charge is -2.12. The standard InChI is InChI=1S/C18H16F3N3O2/c1-24-11-14(15-7-4-10-26-15)23-16(24)8-9-22-17(25)12-5-2-3-6-13(12)18(19,20)21/h2-7,10-11H,8-9H2,1H3,(H,22,25). The van der Waals surface area contributed by atoms with Gasteiger partial charge in [0.25, 0.3) is 5.91 Å². The molecule has 0 bridgehead atoms. The van der Waals surface area contributed by atoms with Gasteiger partial charge in [-0.3, -0.25) is 4.79 Å². The third-order valence-electron chi connectivity index (χ3n) is 3.86. The van der Waals surface area contributed by atoms with E-state index in [1.165, 1.54) is 12.1 Å². The van der Waals surface area contributed by atoms with E-state index < -0.39 is 23.2 Å². The van der Waals surface area contributed by atoms with Crippen LogP contribution in [0.1, 0.15) is 21.7 Å². The highest BCUT2D eigenvalue weighted by atomic mass is 19.4. The fourth-order valence-corrected chi connectivity index (χ4v) is 2.59. The number of amides is 1. The van der Waals surface area contributed by atoms with E-state index in [-0.39, 0.29) is 6.54 Å². The number of alkyl halides is 3. The summed E-state index contributed by atoms with van der Waals surface area (Å²) in [4.78, 5) is 16.5. The molecule has 0 radical (unpaired) electrons. The van der Waals surface area contributed by atoms with Gasteiger partial charge in [-0.25, -0.2) is 4.98 Å². The quantitative estimate of drug-likeness (QED) is 0.752. The Bertz CT molecular complexity index is 899. The van der Waals surface area contributed by atoms with Gasteiger partial charge in [0.15, 0.2) is 5.76 Å². The first-order chi connectivity index (χ1) is 12.4. The molecule has 8 heteroatoms. The first-order valence-corrected chi connectivity index (χ1v) is 7.87. The minimum Gasteiger partial charge on any atom is -0.463 e. The molecule has 0 unspecified atom stereocenters. The SMILES string of the molecule is Cn1cc(-c2ccco2)nc1CCNC(=O)c1ccccc1C(F)(F)F. The number of aryl methyl sites for hydroxylation is 1. The third-order valence-corrected chi connectivity index (χ3v) is 3.86. The lowest BCUT2D eigenvalue weighted by molar-refractivity contribution is -0.137. The van der Waals surface area contributed by atoms with Crippen LogP contribution in [-0.4, -0.2) is 22.0 Å². The van der Waals surface area contributed by atoms with Crippen LogP contribution in [0.25, 0.3) is 11.5 Å². The van der Waals surface area contributed by atoms with Crippen LogP contribution in [-0.2, 0) is 19.6 Å². The summed E-state index contributed by atoms with van der Waals surface area (Å²) in [5, 5.41) is 2.52. The number of hydrogen-bond acceptors (Lipinski definition) is 3. The maximum atomic E-state index is 13.0. The van der Waals surface area contributed by atoms with Crippen molar-refractivity contribution in [2.45, 2.75) is 12.6 Å². The van der Waals surface area contributed by atoms with Crippen LogP contribution in [0, 0.1) is 0 Å². The van der Waals surface area contributed by atoms with Crippen molar-refractivity contribution in [3.63, 3.8) is 0 Å². The zero-order valence-electron chi connectivity index (χ0n) is 13.9. The number of rotatable bonds is 5. The summed E-state index contributed by atoms with van der Waals surface area (Å²) in [5.41, 5.74) is -0.688. The Morgan fingerprint density at radius 3 is 2.69 bits per heavy atom. The average molecular weight is 363 g/mol. The minimum atomic E-state index is -4.58. The summed E-state index contributed by atoms with van der Waals surface area (Å²) in [6, 6.07) is 8.24. The Balaban J connectivity index is 1.65. The Morgan fingerprint density at radius 2 is 2.00 bits per heavy atom. The zero-order chi connectivity index (χ0) is 18.7. The molecule has 0 fully saturated rings. The van der Waals surface area contributed by atoms with Crippen molar-refractivity contribution in [1.82, 2.24) is 14.9 Å². The van der Waals surface area contributed by atoms with Gasteiger partial charge in [0.1, 0.15) is 11.5 Å². The fourth-order valence-electron chi connectivity index (χ4n) is 2.59. The summed E-state index contributed by atoms with van der Waals surface area (Å²) in [6.07, 6.45) is -0.875. The molecule has 3 aromatic rings. The van der Waals surface area contributed by atoms with Crippen molar-refractivity contribution in [3.8, 4) is 11.5 Å². The smallest absolute Gasteiger partial charge is 0.417 e. The maximum Gasteiger partial charge on any atom is 0.417 e. The van der Waals surface area contributed by atoms with Crippen LogP contribution in [0.4, 0.5) is 13.2 Å². The molecule has 0 aliphatic rings. The van der Waals surface area contributed by atoms with E-state index in [2.05, 4.69) is 10.3 Å². The molecule has 1 amide bonds. The predicted octanol–water partition coefficient (Wildman–Crippen LogP) is 3.67. The number of aromatic nitrogens is 2. The van der Waals surface area contributed by atoms with Crippen molar-refractivity contribution in [3.05, 3.63) is 65.8 Å². The number of benzene rings is 1. The van der Waals surface area contributed by atoms with Crippen molar-refractivity contribution < 1.29 is 22.4 Å². The highest BCUT2D eigenvalue weighted by Gasteiger charge is 2.34. The van der Waals surface area contributed by atoms with Crippen molar-refractivity contribution in [2.24, 2.45) is 7.05 Å². The van der Waals surface area contributed by atoms with Crippen molar-refractivity contribution in [2.75, 3.05) is 6.54 Å². The van der Waals surface area contributed by atoms with Gasteiger partial charge in [0.2, 0.25) is 0 Å². The van der Waals surface area contributed by atoms with Gasteiger partial charge in [0, 0.05) is 26.2 Å². The van der Waals surface area contributed by atoms with Gasteiger partial charge in [-0.15, -0.1) is 0 Å². The van der Waals surface area contributed by atoms with E-state index in [9.17, 15) is 18.0 Å². The number of nitrogens with one attached hydrogen (secondary N) is 1. The summed E-state index contributed by atoms with van der Waals surface area (Å²) >= 11 is 0. The molecule has 1 aromatic carbocycles. The molecule has 0 saturated carbocycles. The van der Waals surface area contributed by atoms with Crippen LogP contribution < -0.4 is 5.32 Å². The molecule has 0 spiro atoms. The summed E-state index contributed by atoms with van der Waals surface area (Å²) in [6.45, 7) is 0.160. The number of furan rings is 1. The molecule has 1 N–H and O–H groups in total. The maximum absolute atomic E-state index is 13.0. The highest BCUT2D eigenvalue weighted by Crippen LogP contribution is 2.31. The topological polar surface area (TPSA) is 60.1 Å². The molecule has 2 heterocycles. The molecule has 5 nitrogen and oxygen atoms in total. The van der Waals surface area contributed by atoms with E-state index in [0.717, 1.165) is 12.1 Å². The van der Waals surface area contributed by atoms with Gasteiger partial charge >= 0.3 is 6.18 Å². The van der Waals surface area contributed by atoms with Crippen molar-refractivity contribution in [1.29, 1.82) is 0 Å². The molecule has 2 aromatic heterocycles. The van der Waals surface area contributed by atoms with Crippen LogP contribution >= 0.6 is 0 Å². The predicted molar refractivity (Wildman–Crippen MR) is 88.4 cm³/mol. The second-order valence-electron chi connectivity index (χ2n) is 5.68. The van der Waals surface area contributed by atoms with Gasteiger partial charge < -0.3 is 14.3 Å². The zero-order valence-corrected chi connectivity index (χ0v) is 13.9. The van der Waals surface area contributed by atoms with E-state index in [0.29, 0.717) is 23.7 Å². The first-order valence-electron chi connectivity index (χ1n) is 7.87. The minimum absolute atomic E-state index is 0.160. The second-order valence-corrected chi connectivity index (χ2v) is 5.68. The normalized spacial score (nSPS) is 11.5. The number of hydrogen-bond donors (Lipinski definition) is 1. The molecular weight excluding hydrogens is 347 g/mol. The summed E-state index contributed by atoms with van der Waals surface area (Å²) < 4.78 is 46.0. The Kier molecular flexibility index (Phi) is 4.83. The molecule has 0 aliphatic heterocycles. The van der Waals surface area contributed by atoms with Crippen LogP contribution in [0.15, 0.2) is 53.3 Å². The molecule has 0 saturated heterocycles. The monoisotopic (exact) mass is 363 g/mol. The third kappa shape index (κ3) is 3.79. The van der Waals surface area contributed by atoms with Gasteiger partial charge in [0.05, 0.1) is 17.4 Å². The number of carbonyl (C=O) groups is 1. The molecule has 0 atom stereocenters. The highest BCUT2D eigenvalue weighted by molar-refractivity contribution is 5.95. The van der Waals surface area contributed by atoms with Crippen molar-refractivity contribution >= 4 is 5.91 Å². The molecular formula is C18H16F3N3O2. The van der Waals surface area contributed by atoms with E-state index in [1.807, 2.05) is 0 Å². The Hall–Kier alpha value is -3.03. The van der Waals surface area contributed by atoms with Gasteiger partial charge in [-0.1, -0.05) is 12.1 Å². The van der Waals surface area contributed by atoms with Crippen LogP contribution in [0.3, 0.4) is 0 Å². The lowest BCUT2D eigenvalue weighted by atomic mass is 10.1. The first kappa shape index (κ1) is 17.8. The Labute approximate surface area is 147 Å². The summed E-state index contributed by atoms with van der Waals surface area (Å²) in [5.74, 6) is 0.536. The lowest BCUT2D eigenvalue weighted by Crippen LogP contribution is -2.28. The fraction of sp³-hybridized carbons (Fsp3) is 0.222. The second kappa shape index (κ2) is 7.07. The molecule has 26 heavy (non-hydrogen) atoms. The van der Waals surface area contributed by atoms with E-state index in [1.54, 1.807) is 36.2 Å². The van der Waals surface area contributed by atoms with Gasteiger partial charge in [-0.05, 0) is 24.3 Å². The van der Waals surface area contributed by atoms with Crippen LogP contribution in [0.5, 0.6) is 0 Å². The number of imidazole rings is 1. The molecule has 0 aliphatic carbocycles. The summed E-state index contributed by atoms with van der Waals surface area (Å²) in [7, 11) is 1.80. The number of halogens is 3. The van der Waals surface area contributed by atoms with Crippen LogP contribution in [0.2, 0.25) is 0 Å². The largest absolute Gasteiger partial charge is 0.463 e. The van der Waals surface area contributed by atoms with Gasteiger partial charge in [-0.2, -0.15) is 13.2 Å². The number of carbonyl (C=O) groups excluding carboxylic acids is 1. The Morgan fingerprint density at radius 1 is 1.23 bits per heavy atom. The molecule has 136 valence electrons. The van der Waals surface area contributed by atoms with E-state index in [4.69, 9.17) is 4.42 Å².